The predicted molar refractivity (Wildman–Crippen MR) is 83.7 cm³/mol. The van der Waals surface area contributed by atoms with E-state index in [2.05, 4.69) is 4.74 Å². The summed E-state index contributed by atoms with van der Waals surface area (Å²) < 4.78 is 45.9. The zero-order chi connectivity index (χ0) is 19.5. The van der Waals surface area contributed by atoms with E-state index >= 15 is 0 Å². The van der Waals surface area contributed by atoms with Crippen molar-refractivity contribution in [2.24, 2.45) is 0 Å². The van der Waals surface area contributed by atoms with Crippen molar-refractivity contribution in [1.29, 1.82) is 0 Å². The number of hydrogen-bond acceptors (Lipinski definition) is 4. The highest BCUT2D eigenvalue weighted by molar-refractivity contribution is 5.88. The number of aryl methyl sites for hydroxylation is 1. The van der Waals surface area contributed by atoms with Crippen LogP contribution in [0.25, 0.3) is 0 Å². The van der Waals surface area contributed by atoms with Crippen LogP contribution in [0.2, 0.25) is 0 Å². The molecule has 0 radical (unpaired) electrons. The van der Waals surface area contributed by atoms with Gasteiger partial charge in [0.15, 0.2) is 0 Å². The number of halogens is 3. The third kappa shape index (κ3) is 5.27. The Morgan fingerprint density at radius 3 is 2.54 bits per heavy atom. The van der Waals surface area contributed by atoms with Gasteiger partial charge in [0.05, 0.1) is 13.0 Å². The van der Waals surface area contributed by atoms with E-state index in [1.165, 1.54) is 37.1 Å². The van der Waals surface area contributed by atoms with Crippen LogP contribution >= 0.6 is 0 Å². The standard InChI is InChI=1S/C17H16F3NO5/c1-10-14(16(23)24)8-13(25-10)9-21(2)15(22)7-11-4-3-5-12(6-11)26-17(18,19)20/h3-6,8H,7,9H2,1-2H3,(H,23,24). The first-order valence-electron chi connectivity index (χ1n) is 7.46. The monoisotopic (exact) mass is 371 g/mol. The van der Waals surface area contributed by atoms with Gasteiger partial charge in [0.25, 0.3) is 0 Å². The van der Waals surface area contributed by atoms with Crippen molar-refractivity contribution in [3.8, 4) is 5.75 Å². The van der Waals surface area contributed by atoms with Gasteiger partial charge in [-0.25, -0.2) is 4.79 Å². The molecule has 1 amide bonds. The number of carbonyl (C=O) groups excluding carboxylic acids is 1. The first-order valence-corrected chi connectivity index (χ1v) is 7.46. The van der Waals surface area contributed by atoms with E-state index in [1.54, 1.807) is 0 Å². The van der Waals surface area contributed by atoms with E-state index in [0.717, 1.165) is 12.1 Å². The Morgan fingerprint density at radius 2 is 1.96 bits per heavy atom. The molecule has 0 saturated heterocycles. The van der Waals surface area contributed by atoms with Crippen LogP contribution in [0, 0.1) is 6.92 Å². The molecule has 2 aromatic rings. The molecule has 0 spiro atoms. The number of benzene rings is 1. The van der Waals surface area contributed by atoms with Gasteiger partial charge in [-0.2, -0.15) is 0 Å². The molecule has 1 aromatic heterocycles. The maximum absolute atomic E-state index is 12.2. The Balaban J connectivity index is 2.02. The molecule has 1 N–H and O–H groups in total. The fourth-order valence-corrected chi connectivity index (χ4v) is 2.32. The van der Waals surface area contributed by atoms with Crippen LogP contribution in [0.3, 0.4) is 0 Å². The first kappa shape index (κ1) is 19.4. The van der Waals surface area contributed by atoms with E-state index in [0.29, 0.717) is 11.3 Å². The molecule has 6 nitrogen and oxygen atoms in total. The molecule has 1 heterocycles. The minimum Gasteiger partial charge on any atom is -0.478 e. The third-order valence-corrected chi connectivity index (χ3v) is 3.51. The van der Waals surface area contributed by atoms with Crippen LogP contribution in [0.1, 0.15) is 27.4 Å². The summed E-state index contributed by atoms with van der Waals surface area (Å²) in [6.07, 6.45) is -4.95. The molecule has 1 aromatic carbocycles. The number of carbonyl (C=O) groups is 2. The van der Waals surface area contributed by atoms with Gasteiger partial charge in [0, 0.05) is 7.05 Å². The van der Waals surface area contributed by atoms with Crippen LogP contribution in [-0.2, 0) is 17.8 Å². The lowest BCUT2D eigenvalue weighted by Gasteiger charge is -2.16. The molecule has 0 unspecified atom stereocenters. The number of likely N-dealkylation sites (N-methyl/N-ethyl adjacent to an activating group) is 1. The number of aromatic carboxylic acids is 1. The molecule has 0 aliphatic heterocycles. The fraction of sp³-hybridized carbons (Fsp3) is 0.294. The molecule has 0 aliphatic carbocycles. The quantitative estimate of drug-likeness (QED) is 0.842. The fourth-order valence-electron chi connectivity index (χ4n) is 2.32. The SMILES string of the molecule is Cc1oc(CN(C)C(=O)Cc2cccc(OC(F)(F)F)c2)cc1C(=O)O. The Kier molecular flexibility index (Phi) is 5.59. The topological polar surface area (TPSA) is 80.0 Å². The molecular weight excluding hydrogens is 355 g/mol. The second kappa shape index (κ2) is 7.51. The number of hydrogen-bond donors (Lipinski definition) is 1. The molecule has 0 bridgehead atoms. The van der Waals surface area contributed by atoms with E-state index < -0.39 is 18.1 Å². The summed E-state index contributed by atoms with van der Waals surface area (Å²) in [5.41, 5.74) is 0.364. The van der Waals surface area contributed by atoms with Gasteiger partial charge in [0.1, 0.15) is 22.8 Å². The Hall–Kier alpha value is -2.97. The van der Waals surface area contributed by atoms with Crippen molar-refractivity contribution >= 4 is 11.9 Å². The minimum atomic E-state index is -4.81. The summed E-state index contributed by atoms with van der Waals surface area (Å²) in [6, 6.07) is 6.48. The van der Waals surface area contributed by atoms with Crippen molar-refractivity contribution in [1.82, 2.24) is 4.90 Å². The number of ether oxygens (including phenoxy) is 1. The molecule has 0 atom stereocenters. The number of alkyl halides is 3. The van der Waals surface area contributed by atoms with Gasteiger partial charge >= 0.3 is 12.3 Å². The molecule has 0 fully saturated rings. The summed E-state index contributed by atoms with van der Waals surface area (Å²) >= 11 is 0. The molecular formula is C17H16F3NO5. The van der Waals surface area contributed by atoms with Crippen molar-refractivity contribution in [2.75, 3.05) is 7.05 Å². The number of furan rings is 1. The Bertz CT molecular complexity index is 813. The van der Waals surface area contributed by atoms with Crippen molar-refractivity contribution < 1.29 is 37.0 Å². The van der Waals surface area contributed by atoms with Gasteiger partial charge < -0.3 is 19.2 Å². The summed E-state index contributed by atoms with van der Waals surface area (Å²) in [6.45, 7) is 1.53. The first-order chi connectivity index (χ1) is 12.0. The van der Waals surface area contributed by atoms with Crippen LogP contribution in [-0.4, -0.2) is 35.3 Å². The van der Waals surface area contributed by atoms with Crippen molar-refractivity contribution in [3.05, 3.63) is 53.0 Å². The lowest BCUT2D eigenvalue weighted by atomic mass is 10.1. The lowest BCUT2D eigenvalue weighted by Crippen LogP contribution is -2.27. The average molecular weight is 371 g/mol. The van der Waals surface area contributed by atoms with Crippen LogP contribution in [0.4, 0.5) is 13.2 Å². The number of carboxylic acid groups (broad SMARTS) is 1. The average Bonchev–Trinajstić information content (AvgIpc) is 2.86. The lowest BCUT2D eigenvalue weighted by molar-refractivity contribution is -0.274. The van der Waals surface area contributed by atoms with E-state index in [9.17, 15) is 22.8 Å². The number of rotatable bonds is 6. The minimum absolute atomic E-state index is 0.0119. The summed E-state index contributed by atoms with van der Waals surface area (Å²) in [5, 5.41) is 8.99. The largest absolute Gasteiger partial charge is 0.573 e. The molecule has 26 heavy (non-hydrogen) atoms. The summed E-state index contributed by atoms with van der Waals surface area (Å²) in [7, 11) is 1.48. The maximum Gasteiger partial charge on any atom is 0.573 e. The van der Waals surface area contributed by atoms with Gasteiger partial charge in [-0.15, -0.1) is 13.2 Å². The highest BCUT2D eigenvalue weighted by Gasteiger charge is 2.31. The number of carboxylic acids is 1. The van der Waals surface area contributed by atoms with Gasteiger partial charge in [-0.1, -0.05) is 12.1 Å². The second-order valence-corrected chi connectivity index (χ2v) is 5.61. The highest BCUT2D eigenvalue weighted by atomic mass is 19.4. The van der Waals surface area contributed by atoms with E-state index in [1.807, 2.05) is 0 Å². The van der Waals surface area contributed by atoms with Gasteiger partial charge in [0.2, 0.25) is 5.91 Å². The smallest absolute Gasteiger partial charge is 0.478 e. The molecule has 140 valence electrons. The highest BCUT2D eigenvalue weighted by Crippen LogP contribution is 2.24. The molecule has 2 rings (SSSR count). The number of amides is 1. The van der Waals surface area contributed by atoms with Gasteiger partial charge in [-0.05, 0) is 30.7 Å². The van der Waals surface area contributed by atoms with E-state index in [-0.39, 0.29) is 30.2 Å². The Morgan fingerprint density at radius 1 is 1.27 bits per heavy atom. The van der Waals surface area contributed by atoms with Crippen LogP contribution in [0.15, 0.2) is 34.7 Å². The third-order valence-electron chi connectivity index (χ3n) is 3.51. The normalized spacial score (nSPS) is 11.3. The Labute approximate surface area is 146 Å². The zero-order valence-corrected chi connectivity index (χ0v) is 14.0. The zero-order valence-electron chi connectivity index (χ0n) is 14.0. The van der Waals surface area contributed by atoms with Crippen LogP contribution < -0.4 is 4.74 Å². The van der Waals surface area contributed by atoms with Crippen molar-refractivity contribution in [3.63, 3.8) is 0 Å². The molecule has 0 saturated carbocycles. The maximum atomic E-state index is 12.2. The van der Waals surface area contributed by atoms with Crippen LogP contribution in [0.5, 0.6) is 5.75 Å². The number of nitrogens with zero attached hydrogens (tertiary/aromatic N) is 1. The van der Waals surface area contributed by atoms with E-state index in [4.69, 9.17) is 9.52 Å². The summed E-state index contributed by atoms with van der Waals surface area (Å²) in [5.74, 6) is -1.39. The van der Waals surface area contributed by atoms with Crippen molar-refractivity contribution in [2.45, 2.75) is 26.3 Å². The second-order valence-electron chi connectivity index (χ2n) is 5.61. The van der Waals surface area contributed by atoms with Gasteiger partial charge in [-0.3, -0.25) is 4.79 Å². The molecule has 9 heteroatoms. The summed E-state index contributed by atoms with van der Waals surface area (Å²) in [4.78, 5) is 24.5. The molecule has 0 aliphatic rings. The predicted octanol–water partition coefficient (Wildman–Crippen LogP) is 3.39.